The molecule has 0 N–H and O–H groups in total. The predicted octanol–water partition coefficient (Wildman–Crippen LogP) is 4.33. The number of hydrogen-bond donors (Lipinski definition) is 0. The predicted molar refractivity (Wildman–Crippen MR) is 138 cm³/mol. The zero-order chi connectivity index (χ0) is 24.4. The Hall–Kier alpha value is -3.30. The Balaban J connectivity index is 1.41. The van der Waals surface area contributed by atoms with E-state index in [1.807, 2.05) is 77.7 Å². The van der Waals surface area contributed by atoms with Gasteiger partial charge >= 0.3 is 0 Å². The second-order valence-corrected chi connectivity index (χ2v) is 11.7. The number of thioether (sulfide) groups is 1. The maximum Gasteiger partial charge on any atom is 0.252 e. The van der Waals surface area contributed by atoms with E-state index in [0.717, 1.165) is 17.0 Å². The average Bonchev–Trinajstić information content (AvgIpc) is 3.31. The number of nitrogens with zero attached hydrogens (tertiary/aromatic N) is 2. The molecule has 3 aromatic rings. The molecule has 2 fully saturated rings. The number of para-hydroxylation sites is 2. The van der Waals surface area contributed by atoms with Crippen LogP contribution in [-0.2, 0) is 21.1 Å². The summed E-state index contributed by atoms with van der Waals surface area (Å²) in [6.45, 7) is 0. The van der Waals surface area contributed by atoms with Crippen molar-refractivity contribution in [3.05, 3.63) is 84.4 Å². The van der Waals surface area contributed by atoms with Gasteiger partial charge in [-0.25, -0.2) is 8.42 Å². The van der Waals surface area contributed by atoms with E-state index in [1.165, 1.54) is 11.8 Å². The van der Waals surface area contributed by atoms with Gasteiger partial charge in [0, 0.05) is 16.5 Å². The van der Waals surface area contributed by atoms with Crippen molar-refractivity contribution in [1.29, 1.82) is 0 Å². The van der Waals surface area contributed by atoms with Crippen molar-refractivity contribution in [2.45, 2.75) is 17.7 Å². The summed E-state index contributed by atoms with van der Waals surface area (Å²) in [4.78, 5) is 19.2. The van der Waals surface area contributed by atoms with E-state index in [0.29, 0.717) is 16.7 Å². The number of carbonyl (C=O) groups is 1. The van der Waals surface area contributed by atoms with Crippen LogP contribution in [-0.4, -0.2) is 49.4 Å². The van der Waals surface area contributed by atoms with Crippen LogP contribution >= 0.6 is 11.8 Å². The quantitative estimate of drug-likeness (QED) is 0.490. The third kappa shape index (κ3) is 5.21. The summed E-state index contributed by atoms with van der Waals surface area (Å²) in [7, 11) is -1.58. The van der Waals surface area contributed by atoms with Gasteiger partial charge in [0.1, 0.15) is 17.2 Å². The topological polar surface area (TPSA) is 85.3 Å². The minimum absolute atomic E-state index is 0.0344. The second kappa shape index (κ2) is 9.75. The van der Waals surface area contributed by atoms with Crippen LogP contribution in [0.5, 0.6) is 17.2 Å². The summed E-state index contributed by atoms with van der Waals surface area (Å²) in [5.74, 6) is 1.82. The van der Waals surface area contributed by atoms with Gasteiger partial charge in [0.05, 0.1) is 31.1 Å². The van der Waals surface area contributed by atoms with E-state index >= 15 is 0 Å². The van der Waals surface area contributed by atoms with Crippen LogP contribution in [0, 0.1) is 0 Å². The minimum Gasteiger partial charge on any atom is -0.496 e. The molecule has 7 nitrogen and oxygen atoms in total. The van der Waals surface area contributed by atoms with Gasteiger partial charge in [-0.05, 0) is 42.5 Å². The van der Waals surface area contributed by atoms with Gasteiger partial charge in [-0.2, -0.15) is 4.99 Å². The van der Waals surface area contributed by atoms with Gasteiger partial charge in [0.25, 0.3) is 5.91 Å². The molecule has 2 aliphatic heterocycles. The summed E-state index contributed by atoms with van der Waals surface area (Å²) in [6.07, 6.45) is 0.0966. The van der Waals surface area contributed by atoms with Gasteiger partial charge in [-0.1, -0.05) is 48.2 Å². The molecule has 2 atom stereocenters. The monoisotopic (exact) mass is 508 g/mol. The van der Waals surface area contributed by atoms with Crippen molar-refractivity contribution in [3.8, 4) is 17.2 Å². The first-order valence-electron chi connectivity index (χ1n) is 11.1. The molecule has 3 aromatic carbocycles. The van der Waals surface area contributed by atoms with Gasteiger partial charge in [-0.3, -0.25) is 4.79 Å². The SMILES string of the molecule is COc1ccccc1CC(=O)N=C1S[C@@H]2CS(=O)(=O)C[C@H]2N1c1ccc(Oc2ccccc2)cc1. The van der Waals surface area contributed by atoms with Crippen molar-refractivity contribution in [2.75, 3.05) is 23.5 Å². The first-order chi connectivity index (χ1) is 16.9. The lowest BCUT2D eigenvalue weighted by atomic mass is 10.1. The van der Waals surface area contributed by atoms with E-state index in [-0.39, 0.29) is 35.1 Å². The van der Waals surface area contributed by atoms with Crippen LogP contribution in [0.1, 0.15) is 5.56 Å². The van der Waals surface area contributed by atoms with Crippen molar-refractivity contribution in [2.24, 2.45) is 4.99 Å². The number of amidine groups is 1. The first-order valence-corrected chi connectivity index (χ1v) is 13.8. The maximum atomic E-state index is 12.9. The highest BCUT2D eigenvalue weighted by atomic mass is 32.2. The van der Waals surface area contributed by atoms with Crippen LogP contribution in [0.2, 0.25) is 0 Å². The molecule has 2 heterocycles. The molecular formula is C26H24N2O5S2. The van der Waals surface area contributed by atoms with Gasteiger partial charge in [0.2, 0.25) is 0 Å². The van der Waals surface area contributed by atoms with Crippen LogP contribution in [0.25, 0.3) is 0 Å². The van der Waals surface area contributed by atoms with Crippen molar-refractivity contribution < 1.29 is 22.7 Å². The fourth-order valence-corrected chi connectivity index (χ4v) is 8.26. The number of benzene rings is 3. The number of rotatable bonds is 6. The summed E-state index contributed by atoms with van der Waals surface area (Å²) < 4.78 is 35.9. The average molecular weight is 509 g/mol. The zero-order valence-corrected chi connectivity index (χ0v) is 20.7. The fraction of sp³-hybridized carbons (Fsp3) is 0.231. The van der Waals surface area contributed by atoms with E-state index < -0.39 is 9.84 Å². The molecule has 0 bridgehead atoms. The normalized spacial score (nSPS) is 21.6. The summed E-state index contributed by atoms with van der Waals surface area (Å²) >= 11 is 1.36. The molecule has 0 unspecified atom stereocenters. The Morgan fingerprint density at radius 2 is 1.66 bits per heavy atom. The number of methoxy groups -OCH3 is 1. The lowest BCUT2D eigenvalue weighted by Crippen LogP contribution is -2.37. The number of fused-ring (bicyclic) bond motifs is 1. The van der Waals surface area contributed by atoms with Crippen LogP contribution in [0.3, 0.4) is 0 Å². The lowest BCUT2D eigenvalue weighted by molar-refractivity contribution is -0.117. The molecule has 5 rings (SSSR count). The molecule has 2 aliphatic rings. The molecule has 0 aliphatic carbocycles. The van der Waals surface area contributed by atoms with E-state index in [9.17, 15) is 13.2 Å². The highest BCUT2D eigenvalue weighted by Crippen LogP contribution is 2.41. The fourth-order valence-electron chi connectivity index (χ4n) is 4.32. The number of anilines is 1. The third-order valence-electron chi connectivity index (χ3n) is 5.91. The van der Waals surface area contributed by atoms with Gasteiger partial charge in [0.15, 0.2) is 15.0 Å². The molecule has 180 valence electrons. The van der Waals surface area contributed by atoms with Crippen molar-refractivity contribution >= 4 is 38.4 Å². The molecule has 1 amide bonds. The smallest absolute Gasteiger partial charge is 0.252 e. The number of ether oxygens (including phenoxy) is 2. The molecule has 0 spiro atoms. The molecule has 9 heteroatoms. The van der Waals surface area contributed by atoms with Crippen LogP contribution in [0.15, 0.2) is 83.9 Å². The number of amides is 1. The Bertz CT molecular complexity index is 1360. The number of sulfone groups is 1. The highest BCUT2D eigenvalue weighted by molar-refractivity contribution is 8.16. The van der Waals surface area contributed by atoms with E-state index in [2.05, 4.69) is 4.99 Å². The standard InChI is InChI=1S/C26H24N2O5S2/c1-32-23-10-6-5-7-18(23)15-25(29)27-26-28(22-16-35(30,31)17-24(22)34-26)19-11-13-21(14-12-19)33-20-8-3-2-4-9-20/h2-14,22,24H,15-17H2,1H3/t22-,24-/m1/s1. The van der Waals surface area contributed by atoms with Crippen LogP contribution < -0.4 is 14.4 Å². The molecule has 35 heavy (non-hydrogen) atoms. The molecule has 0 saturated carbocycles. The first kappa shape index (κ1) is 23.4. The molecule has 2 saturated heterocycles. The highest BCUT2D eigenvalue weighted by Gasteiger charge is 2.49. The van der Waals surface area contributed by atoms with Crippen molar-refractivity contribution in [3.63, 3.8) is 0 Å². The third-order valence-corrected chi connectivity index (χ3v) is 9.12. The van der Waals surface area contributed by atoms with E-state index in [1.54, 1.807) is 13.2 Å². The van der Waals surface area contributed by atoms with Crippen LogP contribution in [0.4, 0.5) is 5.69 Å². The molecule has 0 aromatic heterocycles. The lowest BCUT2D eigenvalue weighted by Gasteiger charge is -2.24. The largest absolute Gasteiger partial charge is 0.496 e. The number of aliphatic imine (C=N–C) groups is 1. The maximum absolute atomic E-state index is 12.9. The van der Waals surface area contributed by atoms with Gasteiger partial charge in [-0.15, -0.1) is 0 Å². The Morgan fingerprint density at radius 1 is 0.971 bits per heavy atom. The number of hydrogen-bond acceptors (Lipinski definition) is 6. The molecule has 0 radical (unpaired) electrons. The Morgan fingerprint density at radius 3 is 2.40 bits per heavy atom. The van der Waals surface area contributed by atoms with Gasteiger partial charge < -0.3 is 14.4 Å². The minimum atomic E-state index is -3.15. The molecular weight excluding hydrogens is 484 g/mol. The van der Waals surface area contributed by atoms with E-state index in [4.69, 9.17) is 9.47 Å². The summed E-state index contributed by atoms with van der Waals surface area (Å²) in [5.41, 5.74) is 1.52. The Labute approximate surface area is 208 Å². The summed E-state index contributed by atoms with van der Waals surface area (Å²) in [6, 6.07) is 23.9. The Kier molecular flexibility index (Phi) is 6.53. The zero-order valence-electron chi connectivity index (χ0n) is 19.0. The summed E-state index contributed by atoms with van der Waals surface area (Å²) in [5, 5.41) is 0.351. The number of carbonyl (C=O) groups excluding carboxylic acids is 1. The van der Waals surface area contributed by atoms with Crippen molar-refractivity contribution in [1.82, 2.24) is 0 Å². The second-order valence-electron chi connectivity index (χ2n) is 8.36.